The molecule has 1 aliphatic carbocycles. The van der Waals surface area contributed by atoms with Gasteiger partial charge in [0.05, 0.1) is 12.6 Å². The second-order valence-electron chi connectivity index (χ2n) is 7.38. The predicted molar refractivity (Wildman–Crippen MR) is 88.9 cm³/mol. The first kappa shape index (κ1) is 16.7. The van der Waals surface area contributed by atoms with E-state index >= 15 is 0 Å². The van der Waals surface area contributed by atoms with Crippen LogP contribution in [0.25, 0.3) is 0 Å². The molecular weight excluding hydrogens is 292 g/mol. The molecular formula is C17H30N4O2. The third-order valence-corrected chi connectivity index (χ3v) is 5.20. The van der Waals surface area contributed by atoms with Gasteiger partial charge in [0.15, 0.2) is 0 Å². The molecule has 0 aromatic carbocycles. The summed E-state index contributed by atoms with van der Waals surface area (Å²) >= 11 is 0. The lowest BCUT2D eigenvalue weighted by molar-refractivity contribution is -0.124. The van der Waals surface area contributed by atoms with Crippen LogP contribution in [-0.2, 0) is 9.59 Å². The van der Waals surface area contributed by atoms with Gasteiger partial charge in [-0.15, -0.1) is 0 Å². The summed E-state index contributed by atoms with van der Waals surface area (Å²) in [4.78, 5) is 26.2. The first-order valence-corrected chi connectivity index (χ1v) is 9.21. The van der Waals surface area contributed by atoms with E-state index in [1.807, 2.05) is 0 Å². The van der Waals surface area contributed by atoms with Crippen molar-refractivity contribution in [3.8, 4) is 0 Å². The molecule has 0 aromatic heterocycles. The second-order valence-corrected chi connectivity index (χ2v) is 7.38. The van der Waals surface area contributed by atoms with Crippen molar-refractivity contribution in [2.24, 2.45) is 11.8 Å². The molecule has 0 bridgehead atoms. The number of hydrogen-bond acceptors (Lipinski definition) is 4. The minimum Gasteiger partial charge on any atom is -0.355 e. The molecule has 6 nitrogen and oxygen atoms in total. The molecule has 3 N–H and O–H groups in total. The van der Waals surface area contributed by atoms with Gasteiger partial charge in [0.25, 0.3) is 0 Å². The van der Waals surface area contributed by atoms with Gasteiger partial charge in [-0.3, -0.25) is 14.5 Å². The van der Waals surface area contributed by atoms with E-state index in [-0.39, 0.29) is 17.9 Å². The van der Waals surface area contributed by atoms with Crippen molar-refractivity contribution in [1.82, 2.24) is 20.9 Å². The van der Waals surface area contributed by atoms with E-state index in [2.05, 4.69) is 20.9 Å². The van der Waals surface area contributed by atoms with E-state index in [4.69, 9.17) is 0 Å². The SMILES string of the molecule is O=C(CN1CCCC(CNC(=O)C2CCCN2)C1)NCC1CC1. The van der Waals surface area contributed by atoms with E-state index in [0.29, 0.717) is 12.5 Å². The van der Waals surface area contributed by atoms with Gasteiger partial charge in [-0.25, -0.2) is 0 Å². The Labute approximate surface area is 138 Å². The van der Waals surface area contributed by atoms with Crippen LogP contribution in [-0.4, -0.2) is 62.0 Å². The van der Waals surface area contributed by atoms with E-state index < -0.39 is 0 Å². The number of carbonyl (C=O) groups is 2. The number of nitrogens with one attached hydrogen (secondary N) is 3. The van der Waals surface area contributed by atoms with Crippen LogP contribution in [0, 0.1) is 11.8 Å². The molecule has 1 saturated carbocycles. The fourth-order valence-electron chi connectivity index (χ4n) is 3.58. The quantitative estimate of drug-likeness (QED) is 0.621. The lowest BCUT2D eigenvalue weighted by atomic mass is 9.98. The van der Waals surface area contributed by atoms with Crippen molar-refractivity contribution < 1.29 is 9.59 Å². The topological polar surface area (TPSA) is 73.5 Å². The first-order chi connectivity index (χ1) is 11.2. The van der Waals surface area contributed by atoms with Gasteiger partial charge >= 0.3 is 0 Å². The van der Waals surface area contributed by atoms with Crippen LogP contribution >= 0.6 is 0 Å². The van der Waals surface area contributed by atoms with Crippen LogP contribution in [0.3, 0.4) is 0 Å². The van der Waals surface area contributed by atoms with Crippen LogP contribution in [0.1, 0.15) is 38.5 Å². The standard InChI is InChI=1S/C17H30N4O2/c22-16(19-9-13-5-6-13)12-21-8-2-3-14(11-21)10-20-17(23)15-4-1-7-18-15/h13-15,18H,1-12H2,(H,19,22)(H,20,23). The van der Waals surface area contributed by atoms with Crippen molar-refractivity contribution in [1.29, 1.82) is 0 Å². The molecule has 0 aromatic rings. The first-order valence-electron chi connectivity index (χ1n) is 9.21. The van der Waals surface area contributed by atoms with Crippen LogP contribution in [0.5, 0.6) is 0 Å². The Morgan fingerprint density at radius 2 is 1.83 bits per heavy atom. The van der Waals surface area contributed by atoms with Crippen LogP contribution < -0.4 is 16.0 Å². The molecule has 2 atom stereocenters. The molecule has 2 aliphatic heterocycles. The zero-order valence-corrected chi connectivity index (χ0v) is 14.0. The summed E-state index contributed by atoms with van der Waals surface area (Å²) in [7, 11) is 0. The Morgan fingerprint density at radius 1 is 1.00 bits per heavy atom. The molecule has 23 heavy (non-hydrogen) atoms. The normalized spacial score (nSPS) is 28.5. The van der Waals surface area contributed by atoms with Gasteiger partial charge in [0.2, 0.25) is 11.8 Å². The Balaban J connectivity index is 1.33. The van der Waals surface area contributed by atoms with Gasteiger partial charge in [0.1, 0.15) is 0 Å². The lowest BCUT2D eigenvalue weighted by Gasteiger charge is -2.32. The number of carbonyl (C=O) groups excluding carboxylic acids is 2. The van der Waals surface area contributed by atoms with Crippen molar-refractivity contribution in [2.45, 2.75) is 44.6 Å². The highest BCUT2D eigenvalue weighted by molar-refractivity contribution is 5.82. The highest BCUT2D eigenvalue weighted by Gasteiger charge is 2.26. The van der Waals surface area contributed by atoms with Crippen molar-refractivity contribution in [3.63, 3.8) is 0 Å². The number of nitrogens with zero attached hydrogens (tertiary/aromatic N) is 1. The predicted octanol–water partition coefficient (Wildman–Crippen LogP) is 0.0928. The third kappa shape index (κ3) is 5.46. The van der Waals surface area contributed by atoms with Crippen molar-refractivity contribution >= 4 is 11.8 Å². The van der Waals surface area contributed by atoms with Gasteiger partial charge in [0, 0.05) is 19.6 Å². The third-order valence-electron chi connectivity index (χ3n) is 5.20. The van der Waals surface area contributed by atoms with Crippen molar-refractivity contribution in [2.75, 3.05) is 39.3 Å². The number of rotatable bonds is 7. The van der Waals surface area contributed by atoms with E-state index in [1.54, 1.807) is 0 Å². The summed E-state index contributed by atoms with van der Waals surface area (Å²) in [6.45, 7) is 4.94. The molecule has 0 spiro atoms. The molecule has 3 rings (SSSR count). The smallest absolute Gasteiger partial charge is 0.237 e. The van der Waals surface area contributed by atoms with Crippen LogP contribution in [0.4, 0.5) is 0 Å². The molecule has 3 aliphatic rings. The monoisotopic (exact) mass is 322 g/mol. The molecule has 2 amide bonds. The maximum Gasteiger partial charge on any atom is 0.237 e. The van der Waals surface area contributed by atoms with Crippen LogP contribution in [0.15, 0.2) is 0 Å². The number of hydrogen-bond donors (Lipinski definition) is 3. The Bertz CT molecular complexity index is 419. The fourth-order valence-corrected chi connectivity index (χ4v) is 3.58. The van der Waals surface area contributed by atoms with E-state index in [9.17, 15) is 9.59 Å². The lowest BCUT2D eigenvalue weighted by Crippen LogP contribution is -2.47. The zero-order chi connectivity index (χ0) is 16.1. The van der Waals surface area contributed by atoms with E-state index in [1.165, 1.54) is 12.8 Å². The fraction of sp³-hybridized carbons (Fsp3) is 0.882. The number of likely N-dealkylation sites (tertiary alicyclic amines) is 1. The number of piperidine rings is 1. The molecule has 2 saturated heterocycles. The summed E-state index contributed by atoms with van der Waals surface area (Å²) in [5, 5.41) is 9.36. The summed E-state index contributed by atoms with van der Waals surface area (Å²) in [6, 6.07) is 0.00268. The maximum atomic E-state index is 12.1. The number of amides is 2. The zero-order valence-electron chi connectivity index (χ0n) is 14.0. The van der Waals surface area contributed by atoms with Gasteiger partial charge < -0.3 is 16.0 Å². The molecule has 0 radical (unpaired) electrons. The average Bonchev–Trinajstić information content (AvgIpc) is 3.22. The average molecular weight is 322 g/mol. The molecule has 130 valence electrons. The van der Waals surface area contributed by atoms with Gasteiger partial charge in [-0.05, 0) is 63.5 Å². The molecule has 3 fully saturated rings. The Kier molecular flexibility index (Phi) is 5.89. The van der Waals surface area contributed by atoms with Gasteiger partial charge in [-0.1, -0.05) is 0 Å². The molecule has 2 heterocycles. The summed E-state index contributed by atoms with van der Waals surface area (Å²) in [5.41, 5.74) is 0. The maximum absolute atomic E-state index is 12.1. The molecule has 2 unspecified atom stereocenters. The minimum atomic E-state index is 0.00268. The second kappa shape index (κ2) is 8.11. The largest absolute Gasteiger partial charge is 0.355 e. The van der Waals surface area contributed by atoms with E-state index in [0.717, 1.165) is 64.3 Å². The van der Waals surface area contributed by atoms with Crippen LogP contribution in [0.2, 0.25) is 0 Å². The Hall–Kier alpha value is -1.14. The highest BCUT2D eigenvalue weighted by Crippen LogP contribution is 2.27. The van der Waals surface area contributed by atoms with Gasteiger partial charge in [-0.2, -0.15) is 0 Å². The van der Waals surface area contributed by atoms with Crippen molar-refractivity contribution in [3.05, 3.63) is 0 Å². The minimum absolute atomic E-state index is 0.00268. The Morgan fingerprint density at radius 3 is 2.57 bits per heavy atom. The highest BCUT2D eigenvalue weighted by atomic mass is 16.2. The molecule has 6 heteroatoms. The summed E-state index contributed by atoms with van der Waals surface area (Å²) in [6.07, 6.45) is 6.81. The summed E-state index contributed by atoms with van der Waals surface area (Å²) < 4.78 is 0. The summed E-state index contributed by atoms with van der Waals surface area (Å²) in [5.74, 6) is 1.48.